The zero-order valence-electron chi connectivity index (χ0n) is 14.4. The van der Waals surface area contributed by atoms with E-state index in [9.17, 15) is 14.4 Å². The van der Waals surface area contributed by atoms with Gasteiger partial charge in [0.25, 0.3) is 0 Å². The van der Waals surface area contributed by atoms with Crippen LogP contribution in [0.4, 0.5) is 5.69 Å². The van der Waals surface area contributed by atoms with Crippen LogP contribution in [-0.4, -0.2) is 17.8 Å². The van der Waals surface area contributed by atoms with E-state index in [1.54, 1.807) is 48.5 Å². The zero-order valence-corrected chi connectivity index (χ0v) is 14.4. The lowest BCUT2D eigenvalue weighted by molar-refractivity contribution is -0.123. The first kappa shape index (κ1) is 16.0. The predicted molar refractivity (Wildman–Crippen MR) is 98.1 cm³/mol. The number of imide groups is 1. The van der Waals surface area contributed by atoms with Crippen molar-refractivity contribution in [3.63, 3.8) is 0 Å². The number of rotatable bonds is 3. The van der Waals surface area contributed by atoms with Crippen LogP contribution in [0, 0.1) is 23.7 Å². The van der Waals surface area contributed by atoms with Crippen LogP contribution in [0.25, 0.3) is 0 Å². The number of hydrogen-bond donors (Lipinski definition) is 0. The predicted octanol–water partition coefficient (Wildman–Crippen LogP) is 3.22. The highest BCUT2D eigenvalue weighted by Gasteiger charge is 2.59. The van der Waals surface area contributed by atoms with E-state index in [-0.39, 0.29) is 35.5 Å². The van der Waals surface area contributed by atoms with Crippen LogP contribution in [0.15, 0.2) is 66.7 Å². The Balaban J connectivity index is 1.35. The number of amides is 2. The average Bonchev–Trinajstić information content (AvgIpc) is 3.37. The quantitative estimate of drug-likeness (QED) is 0.365. The topological polar surface area (TPSA) is 63.7 Å². The summed E-state index contributed by atoms with van der Waals surface area (Å²) in [5.41, 5.74) is 0.987. The van der Waals surface area contributed by atoms with E-state index in [1.165, 1.54) is 4.90 Å². The molecule has 0 N–H and O–H groups in total. The molecule has 5 heteroatoms. The van der Waals surface area contributed by atoms with Gasteiger partial charge in [0.1, 0.15) is 5.75 Å². The van der Waals surface area contributed by atoms with Crippen LogP contribution in [0.5, 0.6) is 5.75 Å². The van der Waals surface area contributed by atoms with E-state index < -0.39 is 5.97 Å². The maximum atomic E-state index is 12.8. The third-order valence-corrected chi connectivity index (χ3v) is 5.79. The van der Waals surface area contributed by atoms with E-state index in [1.807, 2.05) is 6.07 Å². The van der Waals surface area contributed by atoms with Gasteiger partial charge in [-0.05, 0) is 54.7 Å². The molecule has 2 fully saturated rings. The van der Waals surface area contributed by atoms with E-state index >= 15 is 0 Å². The summed E-state index contributed by atoms with van der Waals surface area (Å²) in [6.45, 7) is 0. The fourth-order valence-electron chi connectivity index (χ4n) is 4.56. The molecule has 5 rings (SSSR count). The lowest BCUT2D eigenvalue weighted by atomic mass is 9.85. The molecular weight excluding hydrogens is 342 g/mol. The van der Waals surface area contributed by atoms with Gasteiger partial charge in [-0.3, -0.25) is 14.5 Å². The van der Waals surface area contributed by atoms with Crippen LogP contribution in [0.1, 0.15) is 16.8 Å². The molecule has 134 valence electrons. The third kappa shape index (κ3) is 2.42. The Morgan fingerprint density at radius 1 is 0.852 bits per heavy atom. The zero-order chi connectivity index (χ0) is 18.5. The number of carbonyl (C=O) groups is 3. The van der Waals surface area contributed by atoms with Crippen LogP contribution < -0.4 is 9.64 Å². The van der Waals surface area contributed by atoms with Crippen LogP contribution in [0.2, 0.25) is 0 Å². The first-order valence-corrected chi connectivity index (χ1v) is 9.07. The van der Waals surface area contributed by atoms with Crippen molar-refractivity contribution in [3.05, 3.63) is 72.3 Å². The molecule has 0 radical (unpaired) electrons. The number of benzene rings is 2. The lowest BCUT2D eigenvalue weighted by Crippen LogP contribution is -2.32. The molecular formula is C22H17NO4. The van der Waals surface area contributed by atoms with E-state index in [2.05, 4.69) is 12.2 Å². The molecule has 1 heterocycles. The van der Waals surface area contributed by atoms with Gasteiger partial charge < -0.3 is 4.74 Å². The largest absolute Gasteiger partial charge is 0.423 e. The molecule has 1 saturated carbocycles. The first-order chi connectivity index (χ1) is 13.1. The monoisotopic (exact) mass is 359 g/mol. The second-order valence-corrected chi connectivity index (χ2v) is 7.26. The number of allylic oxidation sites excluding steroid dienone is 2. The summed E-state index contributed by atoms with van der Waals surface area (Å²) < 4.78 is 5.35. The Labute approximate surface area is 156 Å². The Kier molecular flexibility index (Phi) is 3.50. The number of hydrogen-bond acceptors (Lipinski definition) is 4. The van der Waals surface area contributed by atoms with Crippen molar-refractivity contribution in [2.75, 3.05) is 4.90 Å². The molecule has 5 nitrogen and oxygen atoms in total. The fraction of sp³-hybridized carbons (Fsp3) is 0.227. The number of fused-ring (bicyclic) bond motifs is 5. The van der Waals surface area contributed by atoms with Crippen LogP contribution >= 0.6 is 0 Å². The highest BCUT2D eigenvalue weighted by Crippen LogP contribution is 2.53. The summed E-state index contributed by atoms with van der Waals surface area (Å²) in [6, 6.07) is 15.2. The van der Waals surface area contributed by atoms with Gasteiger partial charge in [-0.25, -0.2) is 4.79 Å². The molecule has 1 saturated heterocycles. The maximum absolute atomic E-state index is 12.8. The summed E-state index contributed by atoms with van der Waals surface area (Å²) in [5.74, 6) is -0.375. The van der Waals surface area contributed by atoms with Gasteiger partial charge in [-0.2, -0.15) is 0 Å². The second kappa shape index (κ2) is 5.91. The van der Waals surface area contributed by atoms with E-state index in [4.69, 9.17) is 4.74 Å². The number of carbonyl (C=O) groups excluding carboxylic acids is 3. The minimum Gasteiger partial charge on any atom is -0.423 e. The molecule has 0 aromatic heterocycles. The molecule has 2 aromatic carbocycles. The smallest absolute Gasteiger partial charge is 0.343 e. The van der Waals surface area contributed by atoms with Crippen molar-refractivity contribution in [2.45, 2.75) is 6.42 Å². The highest BCUT2D eigenvalue weighted by atomic mass is 16.5. The summed E-state index contributed by atoms with van der Waals surface area (Å²) in [4.78, 5) is 39.1. The molecule has 2 bridgehead atoms. The van der Waals surface area contributed by atoms with Crippen LogP contribution in [0.3, 0.4) is 0 Å². The summed E-state index contributed by atoms with van der Waals surface area (Å²) in [6.07, 6.45) is 5.06. The van der Waals surface area contributed by atoms with Gasteiger partial charge in [-0.15, -0.1) is 0 Å². The molecule has 2 amide bonds. The number of ether oxygens (including phenoxy) is 1. The lowest BCUT2D eigenvalue weighted by Gasteiger charge is -2.17. The van der Waals surface area contributed by atoms with Crippen molar-refractivity contribution in [1.82, 2.24) is 0 Å². The first-order valence-electron chi connectivity index (χ1n) is 9.07. The van der Waals surface area contributed by atoms with Crippen molar-refractivity contribution >= 4 is 23.5 Å². The molecule has 3 aliphatic rings. The van der Waals surface area contributed by atoms with Gasteiger partial charge in [0.2, 0.25) is 11.8 Å². The van der Waals surface area contributed by atoms with Crippen LogP contribution in [-0.2, 0) is 9.59 Å². The molecule has 0 spiro atoms. The van der Waals surface area contributed by atoms with Crippen molar-refractivity contribution in [2.24, 2.45) is 23.7 Å². The highest BCUT2D eigenvalue weighted by molar-refractivity contribution is 6.22. The van der Waals surface area contributed by atoms with E-state index in [0.29, 0.717) is 17.0 Å². The number of nitrogens with zero attached hydrogens (tertiary/aromatic N) is 1. The molecule has 0 unspecified atom stereocenters. The number of anilines is 1. The normalized spacial score (nSPS) is 27.9. The van der Waals surface area contributed by atoms with Gasteiger partial charge in [0.05, 0.1) is 23.1 Å². The molecule has 4 atom stereocenters. The summed E-state index contributed by atoms with van der Waals surface area (Å²) in [5, 5.41) is 0. The van der Waals surface area contributed by atoms with Gasteiger partial charge in [0.15, 0.2) is 0 Å². The minimum atomic E-state index is -0.450. The maximum Gasteiger partial charge on any atom is 0.343 e. The summed E-state index contributed by atoms with van der Waals surface area (Å²) in [7, 11) is 0. The van der Waals surface area contributed by atoms with Gasteiger partial charge >= 0.3 is 5.97 Å². The summed E-state index contributed by atoms with van der Waals surface area (Å²) >= 11 is 0. The Morgan fingerprint density at radius 2 is 1.44 bits per heavy atom. The van der Waals surface area contributed by atoms with Gasteiger partial charge in [0, 0.05) is 0 Å². The average molecular weight is 359 g/mol. The molecule has 1 aliphatic heterocycles. The Morgan fingerprint density at radius 3 is 2.04 bits per heavy atom. The molecule has 27 heavy (non-hydrogen) atoms. The minimum absolute atomic E-state index is 0.115. The number of esters is 1. The molecule has 2 aliphatic carbocycles. The fourth-order valence-corrected chi connectivity index (χ4v) is 4.56. The third-order valence-electron chi connectivity index (χ3n) is 5.79. The molecule has 2 aromatic rings. The van der Waals surface area contributed by atoms with Crippen molar-refractivity contribution < 1.29 is 19.1 Å². The Hall–Kier alpha value is -3.21. The van der Waals surface area contributed by atoms with Gasteiger partial charge in [-0.1, -0.05) is 30.4 Å². The van der Waals surface area contributed by atoms with Crippen molar-refractivity contribution in [1.29, 1.82) is 0 Å². The van der Waals surface area contributed by atoms with Crippen molar-refractivity contribution in [3.8, 4) is 5.75 Å². The standard InChI is InChI=1S/C22H17NO4/c24-20-18-14-6-7-15(12-14)19(18)21(25)23(20)16-8-10-17(11-9-16)27-22(26)13-4-2-1-3-5-13/h1-11,14-15,18-19H,12H2/t14-,15-,18-,19-/m0/s1. The Bertz CT molecular complexity index is 934. The second-order valence-electron chi connectivity index (χ2n) is 7.26. The SMILES string of the molecule is O=C(Oc1ccc(N2C(=O)[C@@H]3[C@@H](C2=O)[C@H]2C=C[C@H]3C2)cc1)c1ccccc1. The van der Waals surface area contributed by atoms with E-state index in [0.717, 1.165) is 6.42 Å².